The summed E-state index contributed by atoms with van der Waals surface area (Å²) >= 11 is 1.40. The second-order valence-corrected chi connectivity index (χ2v) is 6.89. The van der Waals surface area contributed by atoms with Crippen molar-refractivity contribution in [3.8, 4) is 22.8 Å². The van der Waals surface area contributed by atoms with Gasteiger partial charge < -0.3 is 15.6 Å². The van der Waals surface area contributed by atoms with Gasteiger partial charge in [-0.15, -0.1) is 11.8 Å². The zero-order valence-corrected chi connectivity index (χ0v) is 16.3. The van der Waals surface area contributed by atoms with Gasteiger partial charge in [-0.3, -0.25) is 4.79 Å². The van der Waals surface area contributed by atoms with Crippen molar-refractivity contribution in [1.29, 1.82) is 0 Å². The molecular weight excluding hydrogens is 364 g/mol. The summed E-state index contributed by atoms with van der Waals surface area (Å²) in [6.07, 6.45) is 2.73. The summed E-state index contributed by atoms with van der Waals surface area (Å²) in [5.74, 6) is 0.929. The van der Waals surface area contributed by atoms with Crippen molar-refractivity contribution < 1.29 is 9.32 Å². The highest BCUT2D eigenvalue weighted by molar-refractivity contribution is 7.98. The van der Waals surface area contributed by atoms with Crippen molar-refractivity contribution in [2.45, 2.75) is 37.9 Å². The predicted molar refractivity (Wildman–Crippen MR) is 105 cm³/mol. The number of nitrogen functional groups attached to an aromatic ring is 1. The van der Waals surface area contributed by atoms with Crippen LogP contribution >= 0.6 is 11.8 Å². The minimum atomic E-state index is -0.145. The lowest BCUT2D eigenvalue weighted by atomic mass is 10.2. The Morgan fingerprint density at radius 1 is 1.37 bits per heavy atom. The van der Waals surface area contributed by atoms with E-state index in [9.17, 15) is 4.79 Å². The van der Waals surface area contributed by atoms with E-state index < -0.39 is 0 Å². The molecule has 0 saturated heterocycles. The third-order valence-corrected chi connectivity index (χ3v) is 4.81. The molecule has 9 heteroatoms. The van der Waals surface area contributed by atoms with E-state index in [-0.39, 0.29) is 24.4 Å². The zero-order chi connectivity index (χ0) is 19.4. The number of nitrogens with one attached hydrogen (secondary N) is 1. The summed E-state index contributed by atoms with van der Waals surface area (Å²) in [5, 5.41) is 12.0. The van der Waals surface area contributed by atoms with Crippen LogP contribution in [0.1, 0.15) is 20.3 Å². The van der Waals surface area contributed by atoms with Gasteiger partial charge in [-0.25, -0.2) is 4.68 Å². The molecule has 1 unspecified atom stereocenters. The van der Waals surface area contributed by atoms with E-state index in [0.29, 0.717) is 22.2 Å². The standard InChI is InChI=1S/C18H22N6O2S/c1-4-11(2)20-13(25)10-24-15(19)14(18(22-24)27-3)17-21-16(23-26-17)12-8-6-5-7-9-12/h5-9,11H,4,10,19H2,1-3H3,(H,20,25). The van der Waals surface area contributed by atoms with Gasteiger partial charge in [0.2, 0.25) is 11.7 Å². The number of carbonyl (C=O) groups excluding carboxylic acids is 1. The third-order valence-electron chi connectivity index (χ3n) is 4.14. The molecule has 142 valence electrons. The van der Waals surface area contributed by atoms with E-state index >= 15 is 0 Å². The summed E-state index contributed by atoms with van der Waals surface area (Å²) in [6.45, 7) is 3.99. The number of carbonyl (C=O) groups is 1. The first kappa shape index (κ1) is 19.0. The molecule has 3 aromatic rings. The number of amides is 1. The average molecular weight is 386 g/mol. The molecule has 0 aliphatic carbocycles. The van der Waals surface area contributed by atoms with Gasteiger partial charge in [0.15, 0.2) is 0 Å². The average Bonchev–Trinajstić information content (AvgIpc) is 3.27. The van der Waals surface area contributed by atoms with E-state index in [2.05, 4.69) is 20.6 Å². The van der Waals surface area contributed by atoms with Gasteiger partial charge in [0.25, 0.3) is 5.89 Å². The van der Waals surface area contributed by atoms with Crippen LogP contribution in [-0.2, 0) is 11.3 Å². The summed E-state index contributed by atoms with van der Waals surface area (Å²) < 4.78 is 6.88. The van der Waals surface area contributed by atoms with Crippen LogP contribution in [0.2, 0.25) is 0 Å². The Kier molecular flexibility index (Phi) is 5.80. The predicted octanol–water partition coefficient (Wildman–Crippen LogP) is 2.82. The first-order valence-electron chi connectivity index (χ1n) is 8.62. The van der Waals surface area contributed by atoms with Crippen LogP contribution in [0.5, 0.6) is 0 Å². The molecule has 2 aromatic heterocycles. The highest BCUT2D eigenvalue weighted by Crippen LogP contribution is 2.34. The molecular formula is C18H22N6O2S. The Morgan fingerprint density at radius 2 is 2.11 bits per heavy atom. The number of anilines is 1. The van der Waals surface area contributed by atoms with Gasteiger partial charge >= 0.3 is 0 Å². The van der Waals surface area contributed by atoms with Crippen molar-refractivity contribution in [2.75, 3.05) is 12.0 Å². The third kappa shape index (κ3) is 4.13. The molecule has 2 heterocycles. The molecule has 0 fully saturated rings. The van der Waals surface area contributed by atoms with E-state index in [1.54, 1.807) is 0 Å². The Labute approximate surface area is 161 Å². The molecule has 1 atom stereocenters. The summed E-state index contributed by atoms with van der Waals surface area (Å²) in [4.78, 5) is 16.6. The molecule has 1 aromatic carbocycles. The highest BCUT2D eigenvalue weighted by Gasteiger charge is 2.23. The van der Waals surface area contributed by atoms with Crippen molar-refractivity contribution >= 4 is 23.5 Å². The normalized spacial score (nSPS) is 12.1. The van der Waals surface area contributed by atoms with Gasteiger partial charge in [0.1, 0.15) is 23.0 Å². The molecule has 0 aliphatic heterocycles. The van der Waals surface area contributed by atoms with Crippen LogP contribution in [-0.4, -0.2) is 38.1 Å². The second kappa shape index (κ2) is 8.26. The van der Waals surface area contributed by atoms with Crippen LogP contribution < -0.4 is 11.1 Å². The lowest BCUT2D eigenvalue weighted by Crippen LogP contribution is -2.35. The number of nitrogens with two attached hydrogens (primary N) is 1. The van der Waals surface area contributed by atoms with Crippen LogP contribution in [0, 0.1) is 0 Å². The number of hydrogen-bond acceptors (Lipinski definition) is 7. The maximum atomic E-state index is 12.2. The SMILES string of the molecule is CCC(C)NC(=O)Cn1nc(SC)c(-c2nc(-c3ccccc3)no2)c1N. The Bertz CT molecular complexity index is 921. The van der Waals surface area contributed by atoms with E-state index in [0.717, 1.165) is 12.0 Å². The topological polar surface area (TPSA) is 112 Å². The first-order valence-corrected chi connectivity index (χ1v) is 9.85. The fraction of sp³-hybridized carbons (Fsp3) is 0.333. The van der Waals surface area contributed by atoms with Crippen LogP contribution in [0.25, 0.3) is 22.8 Å². The molecule has 0 aliphatic rings. The minimum Gasteiger partial charge on any atom is -0.383 e. The van der Waals surface area contributed by atoms with Gasteiger partial charge in [0.05, 0.1) is 0 Å². The summed E-state index contributed by atoms with van der Waals surface area (Å²) in [5.41, 5.74) is 7.64. The maximum Gasteiger partial charge on any atom is 0.264 e. The summed E-state index contributed by atoms with van der Waals surface area (Å²) in [6, 6.07) is 9.62. The fourth-order valence-corrected chi connectivity index (χ4v) is 3.08. The molecule has 0 radical (unpaired) electrons. The Balaban J connectivity index is 1.89. The first-order chi connectivity index (χ1) is 13.0. The monoisotopic (exact) mass is 386 g/mol. The van der Waals surface area contributed by atoms with Gasteiger partial charge in [-0.2, -0.15) is 10.1 Å². The fourth-order valence-electron chi connectivity index (χ4n) is 2.50. The van der Waals surface area contributed by atoms with Crippen LogP contribution in [0.4, 0.5) is 5.82 Å². The molecule has 3 N–H and O–H groups in total. The zero-order valence-electron chi connectivity index (χ0n) is 15.5. The minimum absolute atomic E-state index is 0.0312. The van der Waals surface area contributed by atoms with Crippen molar-refractivity contribution in [3.63, 3.8) is 0 Å². The molecule has 27 heavy (non-hydrogen) atoms. The highest BCUT2D eigenvalue weighted by atomic mass is 32.2. The quantitative estimate of drug-likeness (QED) is 0.600. The summed E-state index contributed by atoms with van der Waals surface area (Å²) in [7, 11) is 0. The van der Waals surface area contributed by atoms with E-state index in [1.807, 2.05) is 50.4 Å². The number of thioether (sulfide) groups is 1. The molecule has 8 nitrogen and oxygen atoms in total. The van der Waals surface area contributed by atoms with Crippen molar-refractivity contribution in [3.05, 3.63) is 30.3 Å². The number of aromatic nitrogens is 4. The van der Waals surface area contributed by atoms with E-state index in [1.165, 1.54) is 16.4 Å². The van der Waals surface area contributed by atoms with Gasteiger partial charge in [0, 0.05) is 11.6 Å². The number of hydrogen-bond donors (Lipinski definition) is 2. The van der Waals surface area contributed by atoms with Crippen molar-refractivity contribution in [2.24, 2.45) is 0 Å². The van der Waals surface area contributed by atoms with Crippen molar-refractivity contribution in [1.82, 2.24) is 25.2 Å². The lowest BCUT2D eigenvalue weighted by Gasteiger charge is -2.11. The lowest BCUT2D eigenvalue weighted by molar-refractivity contribution is -0.122. The maximum absolute atomic E-state index is 12.2. The number of nitrogens with zero attached hydrogens (tertiary/aromatic N) is 4. The molecule has 0 saturated carbocycles. The number of benzene rings is 1. The van der Waals surface area contributed by atoms with Gasteiger partial charge in [-0.1, -0.05) is 42.4 Å². The molecule has 0 spiro atoms. The molecule has 3 rings (SSSR count). The Hall–Kier alpha value is -2.81. The molecule has 1 amide bonds. The molecule has 0 bridgehead atoms. The second-order valence-electron chi connectivity index (χ2n) is 6.09. The Morgan fingerprint density at radius 3 is 2.78 bits per heavy atom. The van der Waals surface area contributed by atoms with E-state index in [4.69, 9.17) is 10.3 Å². The number of rotatable bonds is 7. The van der Waals surface area contributed by atoms with Gasteiger partial charge in [-0.05, 0) is 19.6 Å². The smallest absolute Gasteiger partial charge is 0.264 e. The largest absolute Gasteiger partial charge is 0.383 e. The van der Waals surface area contributed by atoms with Crippen LogP contribution in [0.15, 0.2) is 39.9 Å². The van der Waals surface area contributed by atoms with Crippen LogP contribution in [0.3, 0.4) is 0 Å².